The molecule has 0 saturated carbocycles. The van der Waals surface area contributed by atoms with Crippen LogP contribution in [0, 0.1) is 0 Å². The van der Waals surface area contributed by atoms with Crippen LogP contribution in [-0.2, 0) is 0 Å². The van der Waals surface area contributed by atoms with Crippen LogP contribution in [0.15, 0.2) is 6.20 Å². The molecule has 74 valence electrons. The minimum absolute atomic E-state index is 0.0423. The highest BCUT2D eigenvalue weighted by atomic mass is 32.1. The summed E-state index contributed by atoms with van der Waals surface area (Å²) in [5.41, 5.74) is 5.54. The van der Waals surface area contributed by atoms with E-state index in [1.807, 2.05) is 6.92 Å². The monoisotopic (exact) mass is 211 g/mol. The summed E-state index contributed by atoms with van der Waals surface area (Å²) in [5, 5.41) is 18.1. The molecule has 7 nitrogen and oxygen atoms in total. The standard InChI is InChI=1S/C6H9N7S/c1-3(5-10-12-13-11-5)9-6-8-2-4(7)14-6/h2-3H,7H2,1H3,(H,8,9)(H,10,11,12,13). The van der Waals surface area contributed by atoms with Crippen LogP contribution in [0.5, 0.6) is 0 Å². The van der Waals surface area contributed by atoms with Gasteiger partial charge in [-0.2, -0.15) is 5.21 Å². The van der Waals surface area contributed by atoms with Crippen molar-refractivity contribution in [1.29, 1.82) is 0 Å². The molecule has 0 spiro atoms. The van der Waals surface area contributed by atoms with Gasteiger partial charge in [-0.1, -0.05) is 16.6 Å². The number of rotatable bonds is 3. The predicted molar refractivity (Wildman–Crippen MR) is 52.7 cm³/mol. The molecule has 0 aliphatic heterocycles. The van der Waals surface area contributed by atoms with E-state index in [0.29, 0.717) is 10.8 Å². The number of tetrazole rings is 1. The molecule has 2 aromatic heterocycles. The highest BCUT2D eigenvalue weighted by Gasteiger charge is 2.11. The van der Waals surface area contributed by atoms with Crippen molar-refractivity contribution in [3.05, 3.63) is 12.0 Å². The Morgan fingerprint density at radius 1 is 1.64 bits per heavy atom. The van der Waals surface area contributed by atoms with E-state index in [-0.39, 0.29) is 6.04 Å². The fraction of sp³-hybridized carbons (Fsp3) is 0.333. The van der Waals surface area contributed by atoms with Crippen molar-refractivity contribution >= 4 is 21.5 Å². The Balaban J connectivity index is 2.05. The molecule has 2 heterocycles. The average Bonchev–Trinajstić information content (AvgIpc) is 2.75. The number of anilines is 2. The number of nitrogen functional groups attached to an aromatic ring is 1. The molecule has 0 amide bonds. The molecule has 1 unspecified atom stereocenters. The van der Waals surface area contributed by atoms with Gasteiger partial charge in [0.05, 0.1) is 12.2 Å². The van der Waals surface area contributed by atoms with Crippen LogP contribution in [0.2, 0.25) is 0 Å². The summed E-state index contributed by atoms with van der Waals surface area (Å²) < 4.78 is 0. The van der Waals surface area contributed by atoms with Crippen LogP contribution in [0.4, 0.5) is 10.1 Å². The van der Waals surface area contributed by atoms with E-state index in [1.54, 1.807) is 6.20 Å². The fourth-order valence-electron chi connectivity index (χ4n) is 0.956. The first-order valence-electron chi connectivity index (χ1n) is 3.97. The van der Waals surface area contributed by atoms with Gasteiger partial charge in [0.2, 0.25) is 0 Å². The SMILES string of the molecule is CC(Nc1ncc(N)s1)c1nn[nH]n1. The van der Waals surface area contributed by atoms with E-state index in [4.69, 9.17) is 5.73 Å². The molecule has 1 atom stereocenters. The number of nitrogens with two attached hydrogens (primary N) is 1. The maximum atomic E-state index is 5.54. The molecule has 2 aromatic rings. The van der Waals surface area contributed by atoms with Gasteiger partial charge in [0.15, 0.2) is 11.0 Å². The van der Waals surface area contributed by atoms with Gasteiger partial charge in [-0.15, -0.1) is 10.2 Å². The van der Waals surface area contributed by atoms with Crippen molar-refractivity contribution < 1.29 is 0 Å². The number of aromatic nitrogens is 5. The van der Waals surface area contributed by atoms with Crippen LogP contribution >= 0.6 is 11.3 Å². The first-order chi connectivity index (χ1) is 6.75. The lowest BCUT2D eigenvalue weighted by Gasteiger charge is -2.06. The number of nitrogens with zero attached hydrogens (tertiary/aromatic N) is 4. The van der Waals surface area contributed by atoms with Gasteiger partial charge >= 0.3 is 0 Å². The Bertz CT molecular complexity index is 394. The maximum Gasteiger partial charge on any atom is 0.196 e. The molecule has 0 bridgehead atoms. The number of nitrogens with one attached hydrogen (secondary N) is 2. The summed E-state index contributed by atoms with van der Waals surface area (Å²) in [6.07, 6.45) is 1.61. The third-order valence-corrected chi connectivity index (χ3v) is 2.37. The van der Waals surface area contributed by atoms with E-state index in [2.05, 4.69) is 30.9 Å². The topological polar surface area (TPSA) is 105 Å². The van der Waals surface area contributed by atoms with Gasteiger partial charge in [0.1, 0.15) is 5.00 Å². The van der Waals surface area contributed by atoms with Gasteiger partial charge in [0.25, 0.3) is 0 Å². The first-order valence-corrected chi connectivity index (χ1v) is 4.78. The molecule has 2 rings (SSSR count). The summed E-state index contributed by atoms with van der Waals surface area (Å²) in [6, 6.07) is -0.0423. The van der Waals surface area contributed by atoms with Crippen LogP contribution in [0.3, 0.4) is 0 Å². The Morgan fingerprint density at radius 3 is 3.07 bits per heavy atom. The summed E-state index contributed by atoms with van der Waals surface area (Å²) in [6.45, 7) is 1.92. The number of aromatic amines is 1. The summed E-state index contributed by atoms with van der Waals surface area (Å²) in [5.74, 6) is 0.596. The lowest BCUT2D eigenvalue weighted by Crippen LogP contribution is -2.08. The van der Waals surface area contributed by atoms with Crippen LogP contribution in [0.25, 0.3) is 0 Å². The molecular formula is C6H9N7S. The van der Waals surface area contributed by atoms with E-state index in [9.17, 15) is 0 Å². The molecule has 0 saturated heterocycles. The van der Waals surface area contributed by atoms with Crippen molar-refractivity contribution in [1.82, 2.24) is 25.6 Å². The van der Waals surface area contributed by atoms with Gasteiger partial charge in [-0.05, 0) is 6.92 Å². The summed E-state index contributed by atoms with van der Waals surface area (Å²) in [4.78, 5) is 4.06. The van der Waals surface area contributed by atoms with Crippen LogP contribution in [-0.4, -0.2) is 25.6 Å². The highest BCUT2D eigenvalue weighted by molar-refractivity contribution is 7.19. The second-order valence-electron chi connectivity index (χ2n) is 2.70. The van der Waals surface area contributed by atoms with Crippen molar-refractivity contribution in [2.45, 2.75) is 13.0 Å². The van der Waals surface area contributed by atoms with Crippen LogP contribution < -0.4 is 11.1 Å². The van der Waals surface area contributed by atoms with E-state index < -0.39 is 0 Å². The second kappa shape index (κ2) is 3.58. The number of thiazole rings is 1. The highest BCUT2D eigenvalue weighted by Crippen LogP contribution is 2.23. The predicted octanol–water partition coefficient (Wildman–Crippen LogP) is 0.411. The molecule has 0 fully saturated rings. The normalized spacial score (nSPS) is 12.6. The molecule has 4 N–H and O–H groups in total. The minimum atomic E-state index is -0.0423. The summed E-state index contributed by atoms with van der Waals surface area (Å²) >= 11 is 1.38. The molecule has 0 radical (unpaired) electrons. The quantitative estimate of drug-likeness (QED) is 0.679. The lowest BCUT2D eigenvalue weighted by molar-refractivity contribution is 0.792. The van der Waals surface area contributed by atoms with Gasteiger partial charge in [-0.3, -0.25) is 0 Å². The van der Waals surface area contributed by atoms with Crippen molar-refractivity contribution in [2.75, 3.05) is 11.1 Å². The Labute approximate surface area is 83.7 Å². The van der Waals surface area contributed by atoms with E-state index >= 15 is 0 Å². The molecule has 0 aliphatic carbocycles. The zero-order valence-electron chi connectivity index (χ0n) is 7.43. The molecule has 8 heteroatoms. The smallest absolute Gasteiger partial charge is 0.196 e. The Morgan fingerprint density at radius 2 is 2.50 bits per heavy atom. The Kier molecular flexibility index (Phi) is 2.27. The fourth-order valence-corrected chi connectivity index (χ4v) is 1.63. The number of hydrogen-bond acceptors (Lipinski definition) is 7. The number of hydrogen-bond donors (Lipinski definition) is 3. The molecule has 14 heavy (non-hydrogen) atoms. The minimum Gasteiger partial charge on any atom is -0.389 e. The maximum absolute atomic E-state index is 5.54. The third kappa shape index (κ3) is 1.79. The van der Waals surface area contributed by atoms with Crippen molar-refractivity contribution in [3.8, 4) is 0 Å². The van der Waals surface area contributed by atoms with Crippen molar-refractivity contribution in [3.63, 3.8) is 0 Å². The van der Waals surface area contributed by atoms with E-state index in [0.717, 1.165) is 5.13 Å². The van der Waals surface area contributed by atoms with Gasteiger partial charge in [-0.25, -0.2) is 4.98 Å². The van der Waals surface area contributed by atoms with Gasteiger partial charge in [0, 0.05) is 0 Å². The van der Waals surface area contributed by atoms with Crippen LogP contribution in [0.1, 0.15) is 18.8 Å². The zero-order chi connectivity index (χ0) is 9.97. The first kappa shape index (κ1) is 8.88. The molecule has 0 aromatic carbocycles. The van der Waals surface area contributed by atoms with Crippen molar-refractivity contribution in [2.24, 2.45) is 0 Å². The molecule has 0 aliphatic rings. The zero-order valence-corrected chi connectivity index (χ0v) is 8.25. The summed E-state index contributed by atoms with van der Waals surface area (Å²) in [7, 11) is 0. The molecular weight excluding hydrogens is 202 g/mol. The van der Waals surface area contributed by atoms with Gasteiger partial charge < -0.3 is 11.1 Å². The average molecular weight is 211 g/mol. The lowest BCUT2D eigenvalue weighted by atomic mass is 10.3. The Hall–Kier alpha value is -1.70. The largest absolute Gasteiger partial charge is 0.389 e. The third-order valence-electron chi connectivity index (χ3n) is 1.61. The number of H-pyrrole nitrogens is 1. The second-order valence-corrected chi connectivity index (χ2v) is 3.77. The van der Waals surface area contributed by atoms with E-state index in [1.165, 1.54) is 11.3 Å².